The molecule has 1 unspecified atom stereocenters. The summed E-state index contributed by atoms with van der Waals surface area (Å²) < 4.78 is 23.8. The van der Waals surface area contributed by atoms with Crippen molar-refractivity contribution in [2.75, 3.05) is 11.9 Å². The van der Waals surface area contributed by atoms with Crippen molar-refractivity contribution in [1.82, 2.24) is 19.5 Å². The standard InChI is InChI=1S/C24H27N5O7/c1-13-27-22(25-10-17-8-6-5-7-9-17)19-23(28-13)29(12-26-19)24-21(35-16(4)32)20(34-15(3)31)18(36-24)11-33-14(2)30/h5-9,12,18,20-21,24H,10-11H2,1-4H3,(H,25,27,28)/t18?,20-,21-,24-/m1/s1. The number of rotatable bonds is 8. The van der Waals surface area contributed by atoms with E-state index in [1.165, 1.54) is 27.1 Å². The molecule has 2 aromatic heterocycles. The summed E-state index contributed by atoms with van der Waals surface area (Å²) in [6.07, 6.45) is -2.41. The summed E-state index contributed by atoms with van der Waals surface area (Å²) >= 11 is 0. The van der Waals surface area contributed by atoms with Crippen LogP contribution >= 0.6 is 0 Å². The zero-order valence-corrected chi connectivity index (χ0v) is 20.3. The summed E-state index contributed by atoms with van der Waals surface area (Å²) in [6, 6.07) is 9.82. The van der Waals surface area contributed by atoms with E-state index in [2.05, 4.69) is 20.3 Å². The number of anilines is 1. The van der Waals surface area contributed by atoms with E-state index >= 15 is 0 Å². The molecule has 1 aromatic carbocycles. The van der Waals surface area contributed by atoms with Crippen molar-refractivity contribution in [2.45, 2.75) is 58.8 Å². The Morgan fingerprint density at radius 1 is 1.00 bits per heavy atom. The van der Waals surface area contributed by atoms with Crippen molar-refractivity contribution in [3.05, 3.63) is 48.0 Å². The minimum atomic E-state index is -1.04. The second-order valence-electron chi connectivity index (χ2n) is 8.30. The Bertz CT molecular complexity index is 1260. The maximum atomic E-state index is 11.9. The molecule has 4 rings (SSSR count). The van der Waals surface area contributed by atoms with Crippen LogP contribution in [0.3, 0.4) is 0 Å². The fourth-order valence-corrected chi connectivity index (χ4v) is 4.03. The highest BCUT2D eigenvalue weighted by Gasteiger charge is 2.51. The molecule has 0 spiro atoms. The van der Waals surface area contributed by atoms with Gasteiger partial charge in [-0.1, -0.05) is 30.3 Å². The molecule has 1 N–H and O–H groups in total. The molecule has 0 aliphatic carbocycles. The van der Waals surface area contributed by atoms with Gasteiger partial charge < -0.3 is 24.3 Å². The van der Waals surface area contributed by atoms with E-state index in [1.54, 1.807) is 11.5 Å². The van der Waals surface area contributed by atoms with Gasteiger partial charge in [-0.25, -0.2) is 15.0 Å². The highest BCUT2D eigenvalue weighted by Crippen LogP contribution is 2.36. The van der Waals surface area contributed by atoms with Crippen molar-refractivity contribution in [2.24, 2.45) is 0 Å². The van der Waals surface area contributed by atoms with Crippen LogP contribution in [-0.2, 0) is 39.9 Å². The lowest BCUT2D eigenvalue weighted by atomic mass is 10.1. The normalized spacial score (nSPS) is 21.2. The van der Waals surface area contributed by atoms with E-state index in [-0.39, 0.29) is 6.61 Å². The quantitative estimate of drug-likeness (QED) is 0.361. The first-order valence-corrected chi connectivity index (χ1v) is 11.3. The molecular formula is C24H27N5O7. The molecule has 4 atom stereocenters. The molecule has 3 heterocycles. The molecule has 1 fully saturated rings. The molecule has 0 radical (unpaired) electrons. The Balaban J connectivity index is 1.70. The van der Waals surface area contributed by atoms with Crippen LogP contribution in [0.15, 0.2) is 36.7 Å². The first-order valence-electron chi connectivity index (χ1n) is 11.3. The number of aryl methyl sites for hydroxylation is 1. The van der Waals surface area contributed by atoms with E-state index in [0.29, 0.717) is 29.4 Å². The monoisotopic (exact) mass is 497 g/mol. The number of carbonyl (C=O) groups is 3. The second-order valence-corrected chi connectivity index (χ2v) is 8.30. The van der Waals surface area contributed by atoms with E-state index < -0.39 is 42.4 Å². The average Bonchev–Trinajstić information content (AvgIpc) is 3.37. The molecular weight excluding hydrogens is 470 g/mol. The number of carbonyl (C=O) groups excluding carboxylic acids is 3. The Morgan fingerprint density at radius 3 is 2.36 bits per heavy atom. The number of hydrogen-bond donors (Lipinski definition) is 1. The molecule has 36 heavy (non-hydrogen) atoms. The van der Waals surface area contributed by atoms with Crippen molar-refractivity contribution in [3.63, 3.8) is 0 Å². The topological polar surface area (TPSA) is 144 Å². The van der Waals surface area contributed by atoms with Gasteiger partial charge in [0.1, 0.15) is 18.5 Å². The van der Waals surface area contributed by atoms with Gasteiger partial charge in [-0.2, -0.15) is 0 Å². The number of benzene rings is 1. The number of hydrogen-bond acceptors (Lipinski definition) is 11. The Labute approximate surface area is 206 Å². The zero-order chi connectivity index (χ0) is 25.8. The van der Waals surface area contributed by atoms with Crippen molar-refractivity contribution >= 4 is 34.9 Å². The fraction of sp³-hybridized carbons (Fsp3) is 0.417. The van der Waals surface area contributed by atoms with E-state index in [0.717, 1.165) is 5.56 Å². The number of nitrogens with one attached hydrogen (secondary N) is 1. The highest BCUT2D eigenvalue weighted by atomic mass is 16.7. The van der Waals surface area contributed by atoms with Gasteiger partial charge in [0.15, 0.2) is 35.4 Å². The third kappa shape index (κ3) is 5.60. The predicted molar refractivity (Wildman–Crippen MR) is 125 cm³/mol. The van der Waals surface area contributed by atoms with E-state index in [1.807, 2.05) is 30.3 Å². The summed E-state index contributed by atoms with van der Waals surface area (Å²) in [5, 5.41) is 3.29. The van der Waals surface area contributed by atoms with Crippen molar-refractivity contribution < 1.29 is 33.3 Å². The minimum Gasteiger partial charge on any atom is -0.463 e. The predicted octanol–water partition coefficient (Wildman–Crippen LogP) is 2.07. The number of aromatic nitrogens is 4. The SMILES string of the molecule is CC(=O)OCC1O[C@@H](n2cnc3c(NCc4ccccc4)nc(C)nc32)[C@H](OC(C)=O)[C@@H]1OC(C)=O. The van der Waals surface area contributed by atoms with Gasteiger partial charge in [0.05, 0.1) is 6.33 Å². The molecule has 0 saturated carbocycles. The maximum absolute atomic E-state index is 11.9. The van der Waals surface area contributed by atoms with Gasteiger partial charge in [0.25, 0.3) is 0 Å². The average molecular weight is 498 g/mol. The number of fused-ring (bicyclic) bond motifs is 1. The third-order valence-corrected chi connectivity index (χ3v) is 5.45. The van der Waals surface area contributed by atoms with Gasteiger partial charge in [-0.05, 0) is 12.5 Å². The molecule has 0 amide bonds. The molecule has 1 aliphatic rings. The number of nitrogens with zero attached hydrogens (tertiary/aromatic N) is 4. The lowest BCUT2D eigenvalue weighted by Crippen LogP contribution is -2.40. The first kappa shape index (κ1) is 25.0. The highest BCUT2D eigenvalue weighted by molar-refractivity contribution is 5.83. The molecule has 12 heteroatoms. The van der Waals surface area contributed by atoms with Gasteiger partial charge in [0, 0.05) is 27.3 Å². The van der Waals surface area contributed by atoms with Crippen LogP contribution in [0.1, 0.15) is 38.4 Å². The largest absolute Gasteiger partial charge is 0.463 e. The molecule has 3 aromatic rings. The first-order chi connectivity index (χ1) is 17.2. The summed E-state index contributed by atoms with van der Waals surface area (Å²) in [7, 11) is 0. The number of imidazole rings is 1. The fourth-order valence-electron chi connectivity index (χ4n) is 4.03. The maximum Gasteiger partial charge on any atom is 0.303 e. The lowest BCUT2D eigenvalue weighted by Gasteiger charge is -2.23. The van der Waals surface area contributed by atoms with Crippen LogP contribution in [0.5, 0.6) is 0 Å². The molecule has 1 saturated heterocycles. The number of esters is 3. The Morgan fingerprint density at radius 2 is 1.69 bits per heavy atom. The van der Waals surface area contributed by atoms with E-state index in [4.69, 9.17) is 18.9 Å². The molecule has 1 aliphatic heterocycles. The van der Waals surface area contributed by atoms with Crippen molar-refractivity contribution in [1.29, 1.82) is 0 Å². The second kappa shape index (κ2) is 10.7. The van der Waals surface area contributed by atoms with E-state index in [9.17, 15) is 14.4 Å². The van der Waals surface area contributed by atoms with Crippen LogP contribution in [0.25, 0.3) is 11.2 Å². The minimum absolute atomic E-state index is 0.202. The van der Waals surface area contributed by atoms with Gasteiger partial charge in [-0.15, -0.1) is 0 Å². The van der Waals surface area contributed by atoms with Crippen LogP contribution in [0.4, 0.5) is 5.82 Å². The lowest BCUT2D eigenvalue weighted by molar-refractivity contribution is -0.166. The smallest absolute Gasteiger partial charge is 0.303 e. The summed E-state index contributed by atoms with van der Waals surface area (Å²) in [6.45, 7) is 5.79. The number of ether oxygens (including phenoxy) is 4. The Kier molecular flexibility index (Phi) is 7.44. The van der Waals surface area contributed by atoms with Gasteiger partial charge in [0.2, 0.25) is 0 Å². The molecule has 0 bridgehead atoms. The van der Waals surface area contributed by atoms with Crippen LogP contribution in [0.2, 0.25) is 0 Å². The Hall–Kier alpha value is -4.06. The molecule has 190 valence electrons. The van der Waals surface area contributed by atoms with Crippen LogP contribution < -0.4 is 5.32 Å². The third-order valence-electron chi connectivity index (χ3n) is 5.45. The summed E-state index contributed by atoms with van der Waals surface area (Å²) in [5.74, 6) is -0.724. The summed E-state index contributed by atoms with van der Waals surface area (Å²) in [4.78, 5) is 48.7. The zero-order valence-electron chi connectivity index (χ0n) is 20.3. The summed E-state index contributed by atoms with van der Waals surface area (Å²) in [5.41, 5.74) is 1.97. The van der Waals surface area contributed by atoms with Crippen molar-refractivity contribution in [3.8, 4) is 0 Å². The van der Waals surface area contributed by atoms with Gasteiger partial charge in [-0.3, -0.25) is 19.0 Å². The van der Waals surface area contributed by atoms with Crippen LogP contribution in [0, 0.1) is 6.92 Å². The van der Waals surface area contributed by atoms with Crippen LogP contribution in [-0.4, -0.2) is 62.3 Å². The molecule has 12 nitrogen and oxygen atoms in total. The van der Waals surface area contributed by atoms with Gasteiger partial charge >= 0.3 is 17.9 Å².